The molecule has 2 N–H and O–H groups in total. The molecule has 6 nitrogen and oxygen atoms in total. The van der Waals surface area contributed by atoms with Gasteiger partial charge in [-0.15, -0.1) is 11.8 Å². The van der Waals surface area contributed by atoms with Gasteiger partial charge in [-0.3, -0.25) is 9.59 Å². The molecule has 0 spiro atoms. The average molecular weight is 376 g/mol. The maximum atomic E-state index is 12.2. The minimum atomic E-state index is -3.35. The number of carbonyl (C=O) groups is 2. The number of hydrogen-bond donors (Lipinski definition) is 2. The summed E-state index contributed by atoms with van der Waals surface area (Å²) in [4.78, 5) is 25.4. The van der Waals surface area contributed by atoms with Gasteiger partial charge in [-0.25, -0.2) is 8.42 Å². The summed E-state index contributed by atoms with van der Waals surface area (Å²) in [5, 5.41) is 4.90. The van der Waals surface area contributed by atoms with E-state index in [9.17, 15) is 18.0 Å². The smallest absolute Gasteiger partial charge is 0.238 e. The number of fused-ring (bicyclic) bond motifs is 1. The van der Waals surface area contributed by atoms with Gasteiger partial charge >= 0.3 is 0 Å². The summed E-state index contributed by atoms with van der Waals surface area (Å²) in [6.07, 6.45) is 1.10. The highest BCUT2D eigenvalue weighted by atomic mass is 32.2. The minimum Gasteiger partial charge on any atom is -0.326 e. The first-order chi connectivity index (χ1) is 11.8. The highest BCUT2D eigenvalue weighted by Gasteiger charge is 2.28. The van der Waals surface area contributed by atoms with Crippen LogP contribution in [0.1, 0.15) is 6.42 Å². The van der Waals surface area contributed by atoms with Gasteiger partial charge in [-0.1, -0.05) is 18.2 Å². The van der Waals surface area contributed by atoms with Crippen molar-refractivity contribution in [2.75, 3.05) is 16.9 Å². The number of thioether (sulfide) groups is 1. The predicted molar refractivity (Wildman–Crippen MR) is 97.5 cm³/mol. The lowest BCUT2D eigenvalue weighted by Gasteiger charge is -2.23. The summed E-state index contributed by atoms with van der Waals surface area (Å²) in [6, 6.07) is 13.4. The summed E-state index contributed by atoms with van der Waals surface area (Å²) in [6.45, 7) is 0. The Hall–Kier alpha value is -2.32. The van der Waals surface area contributed by atoms with E-state index < -0.39 is 15.1 Å². The van der Waals surface area contributed by atoms with Gasteiger partial charge in [0, 0.05) is 23.3 Å². The van der Waals surface area contributed by atoms with E-state index in [0.717, 1.165) is 16.8 Å². The summed E-state index contributed by atoms with van der Waals surface area (Å²) < 4.78 is 23.2. The zero-order valence-electron chi connectivity index (χ0n) is 13.4. The molecule has 0 unspecified atom stereocenters. The third kappa shape index (κ3) is 4.21. The van der Waals surface area contributed by atoms with Gasteiger partial charge in [0.05, 0.1) is 15.8 Å². The van der Waals surface area contributed by atoms with Crippen LogP contribution in [0.15, 0.2) is 58.3 Å². The fraction of sp³-hybridized carbons (Fsp3) is 0.176. The fourth-order valence-corrected chi connectivity index (χ4v) is 4.19. The van der Waals surface area contributed by atoms with E-state index in [0.29, 0.717) is 5.69 Å². The summed E-state index contributed by atoms with van der Waals surface area (Å²) in [5.41, 5.74) is 1.13. The Kier molecular flexibility index (Phi) is 4.82. The largest absolute Gasteiger partial charge is 0.326 e. The number of nitrogens with one attached hydrogen (secondary N) is 2. The molecule has 2 aromatic rings. The molecule has 1 atom stereocenters. The number of rotatable bonds is 4. The second kappa shape index (κ2) is 6.89. The van der Waals surface area contributed by atoms with Crippen LogP contribution in [0.2, 0.25) is 0 Å². The van der Waals surface area contributed by atoms with Gasteiger partial charge in [0.15, 0.2) is 9.84 Å². The molecule has 0 saturated carbocycles. The van der Waals surface area contributed by atoms with E-state index in [4.69, 9.17) is 0 Å². The van der Waals surface area contributed by atoms with Crippen molar-refractivity contribution >= 4 is 44.8 Å². The second-order valence-corrected chi connectivity index (χ2v) is 8.90. The van der Waals surface area contributed by atoms with Crippen molar-refractivity contribution in [3.63, 3.8) is 0 Å². The number of sulfone groups is 1. The molecule has 3 rings (SSSR count). The number of carbonyl (C=O) groups excluding carboxylic acids is 2. The maximum absolute atomic E-state index is 12.2. The van der Waals surface area contributed by atoms with Crippen molar-refractivity contribution < 1.29 is 18.0 Å². The zero-order chi connectivity index (χ0) is 18.0. The minimum absolute atomic E-state index is 0.00601. The highest BCUT2D eigenvalue weighted by molar-refractivity contribution is 8.01. The summed E-state index contributed by atoms with van der Waals surface area (Å²) in [5.74, 6) is -0.568. The number of hydrogen-bond acceptors (Lipinski definition) is 5. The molecule has 1 aliphatic rings. The Bertz CT molecular complexity index is 941. The number of benzene rings is 2. The van der Waals surface area contributed by atoms with Crippen molar-refractivity contribution in [1.29, 1.82) is 0 Å². The van der Waals surface area contributed by atoms with Gasteiger partial charge in [0.25, 0.3) is 0 Å². The molecule has 0 radical (unpaired) electrons. The standard InChI is InChI=1S/C17H16N2O4S2/c1-25(22,23)12-6-4-5-11(9-12)18-16(20)10-15-17(21)19-13-7-2-3-8-14(13)24-15/h2-9,15H,10H2,1H3,(H,18,20)(H,19,21)/t15-/m1/s1. The van der Waals surface area contributed by atoms with Gasteiger partial charge in [0.1, 0.15) is 0 Å². The van der Waals surface area contributed by atoms with Crippen LogP contribution in [0.4, 0.5) is 11.4 Å². The first-order valence-corrected chi connectivity index (χ1v) is 10.3. The van der Waals surface area contributed by atoms with Crippen LogP contribution >= 0.6 is 11.8 Å². The topological polar surface area (TPSA) is 92.3 Å². The number of anilines is 2. The molecule has 0 aromatic heterocycles. The van der Waals surface area contributed by atoms with E-state index in [-0.39, 0.29) is 23.1 Å². The summed E-state index contributed by atoms with van der Waals surface area (Å²) in [7, 11) is -3.35. The Morgan fingerprint density at radius 1 is 1.20 bits per heavy atom. The highest BCUT2D eigenvalue weighted by Crippen LogP contribution is 2.36. The van der Waals surface area contributed by atoms with E-state index in [1.807, 2.05) is 24.3 Å². The molecule has 0 bridgehead atoms. The molecule has 130 valence electrons. The SMILES string of the molecule is CS(=O)(=O)c1cccc(NC(=O)C[C@H]2Sc3ccccc3NC2=O)c1. The molecule has 0 aliphatic carbocycles. The molecular formula is C17H16N2O4S2. The zero-order valence-corrected chi connectivity index (χ0v) is 15.0. The van der Waals surface area contributed by atoms with Crippen molar-refractivity contribution in [3.05, 3.63) is 48.5 Å². The average Bonchev–Trinajstić information content (AvgIpc) is 2.55. The third-order valence-electron chi connectivity index (χ3n) is 3.62. The van der Waals surface area contributed by atoms with Crippen LogP contribution in [-0.4, -0.2) is 31.7 Å². The van der Waals surface area contributed by atoms with Gasteiger partial charge in [-0.2, -0.15) is 0 Å². The van der Waals surface area contributed by atoms with Gasteiger partial charge in [0.2, 0.25) is 11.8 Å². The lowest BCUT2D eigenvalue weighted by molar-refractivity contribution is -0.120. The molecule has 1 aliphatic heterocycles. The van der Waals surface area contributed by atoms with Crippen LogP contribution in [0.5, 0.6) is 0 Å². The number of amides is 2. The van der Waals surface area contributed by atoms with Crippen LogP contribution in [0, 0.1) is 0 Å². The van der Waals surface area contributed by atoms with Gasteiger partial charge in [-0.05, 0) is 30.3 Å². The van der Waals surface area contributed by atoms with Crippen molar-refractivity contribution in [3.8, 4) is 0 Å². The molecule has 1 heterocycles. The molecule has 8 heteroatoms. The van der Waals surface area contributed by atoms with Crippen molar-refractivity contribution in [2.45, 2.75) is 21.5 Å². The first kappa shape index (κ1) is 17.5. The maximum Gasteiger partial charge on any atom is 0.238 e. The predicted octanol–water partition coefficient (Wildman–Crippen LogP) is 2.53. The number of para-hydroxylation sites is 1. The van der Waals surface area contributed by atoms with E-state index in [1.54, 1.807) is 12.1 Å². The van der Waals surface area contributed by atoms with E-state index in [1.165, 1.54) is 23.9 Å². The van der Waals surface area contributed by atoms with E-state index in [2.05, 4.69) is 10.6 Å². The van der Waals surface area contributed by atoms with E-state index >= 15 is 0 Å². The molecule has 25 heavy (non-hydrogen) atoms. The normalized spacial score (nSPS) is 16.7. The van der Waals surface area contributed by atoms with Crippen LogP contribution in [-0.2, 0) is 19.4 Å². The molecule has 0 fully saturated rings. The Balaban J connectivity index is 1.68. The van der Waals surface area contributed by atoms with Crippen molar-refractivity contribution in [1.82, 2.24) is 0 Å². The Labute approximate surface area is 149 Å². The molecular weight excluding hydrogens is 360 g/mol. The van der Waals surface area contributed by atoms with Crippen LogP contribution < -0.4 is 10.6 Å². The van der Waals surface area contributed by atoms with Crippen LogP contribution in [0.3, 0.4) is 0 Å². The molecule has 2 aromatic carbocycles. The van der Waals surface area contributed by atoms with Gasteiger partial charge < -0.3 is 10.6 Å². The lowest BCUT2D eigenvalue weighted by atomic mass is 10.2. The Morgan fingerprint density at radius 3 is 2.72 bits per heavy atom. The first-order valence-electron chi connectivity index (χ1n) is 7.49. The molecule has 2 amide bonds. The third-order valence-corrected chi connectivity index (χ3v) is 6.01. The summed E-state index contributed by atoms with van der Waals surface area (Å²) >= 11 is 1.34. The fourth-order valence-electron chi connectivity index (χ4n) is 2.41. The van der Waals surface area contributed by atoms with Crippen molar-refractivity contribution in [2.24, 2.45) is 0 Å². The molecule has 0 saturated heterocycles. The van der Waals surface area contributed by atoms with Crippen LogP contribution in [0.25, 0.3) is 0 Å². The Morgan fingerprint density at radius 2 is 1.96 bits per heavy atom. The quantitative estimate of drug-likeness (QED) is 0.855. The lowest BCUT2D eigenvalue weighted by Crippen LogP contribution is -2.32. The second-order valence-electron chi connectivity index (χ2n) is 5.64. The monoisotopic (exact) mass is 376 g/mol.